The fourth-order valence-electron chi connectivity index (χ4n) is 2.44. The average molecular weight is 251 g/mol. The third kappa shape index (κ3) is 2.87. The number of carbonyl (C=O) groups excluding carboxylic acids is 1. The molecule has 0 spiro atoms. The maximum atomic E-state index is 12.7. The Balaban J connectivity index is 1.77. The molecule has 0 aromatic carbocycles. The van der Waals surface area contributed by atoms with Gasteiger partial charge in [0.1, 0.15) is 6.67 Å². The molecule has 1 saturated heterocycles. The summed E-state index contributed by atoms with van der Waals surface area (Å²) in [5, 5.41) is 7.99. The van der Waals surface area contributed by atoms with Crippen molar-refractivity contribution in [2.45, 2.75) is 50.2 Å². The van der Waals surface area contributed by atoms with Crippen molar-refractivity contribution >= 4 is 5.91 Å². The van der Waals surface area contributed by atoms with Crippen molar-refractivity contribution in [1.29, 1.82) is 0 Å². The zero-order valence-electron chi connectivity index (χ0n) is 10.4. The lowest BCUT2D eigenvalue weighted by Gasteiger charge is -2.22. The Morgan fingerprint density at radius 3 is 2.89 bits per heavy atom. The lowest BCUT2D eigenvalue weighted by molar-refractivity contribution is -0.132. The Morgan fingerprint density at radius 2 is 2.28 bits per heavy atom. The van der Waals surface area contributed by atoms with Crippen LogP contribution in [0.1, 0.15) is 38.5 Å². The van der Waals surface area contributed by atoms with Crippen LogP contribution in [0.15, 0.2) is 10.2 Å². The van der Waals surface area contributed by atoms with Crippen molar-refractivity contribution in [2.75, 3.05) is 13.2 Å². The molecule has 98 valence electrons. The van der Waals surface area contributed by atoms with E-state index in [9.17, 15) is 9.18 Å². The van der Waals surface area contributed by atoms with Crippen molar-refractivity contribution in [3.63, 3.8) is 0 Å². The van der Waals surface area contributed by atoms with E-state index < -0.39 is 12.3 Å². The molecule has 1 unspecified atom stereocenters. The number of alkyl halides is 1. The molecule has 0 bridgehead atoms. The zero-order valence-corrected chi connectivity index (χ0v) is 10.4. The van der Waals surface area contributed by atoms with Gasteiger partial charge in [0.25, 0.3) is 0 Å². The van der Waals surface area contributed by atoms with Crippen LogP contribution < -0.4 is 0 Å². The molecule has 1 fully saturated rings. The average Bonchev–Trinajstić information content (AvgIpc) is 2.99. The lowest BCUT2D eigenvalue weighted by atomic mass is 10.0. The van der Waals surface area contributed by atoms with Crippen LogP contribution in [-0.4, -0.2) is 35.7 Å². The molecule has 0 aromatic heterocycles. The molecule has 0 aromatic rings. The van der Waals surface area contributed by atoms with Gasteiger partial charge in [-0.2, -0.15) is 10.2 Å². The fourth-order valence-corrected chi connectivity index (χ4v) is 2.44. The molecule has 1 amide bonds. The summed E-state index contributed by atoms with van der Waals surface area (Å²) in [7, 11) is 0. The predicted molar refractivity (Wildman–Crippen MR) is 65.6 cm³/mol. The highest BCUT2D eigenvalue weighted by Gasteiger charge is 2.40. The number of likely N-dealkylation sites (tertiary alicyclic amines) is 1. The first-order chi connectivity index (χ1) is 8.71. The summed E-state index contributed by atoms with van der Waals surface area (Å²) in [6.45, 7) is 0.238. The second-order valence-electron chi connectivity index (χ2n) is 4.92. The first-order valence-corrected chi connectivity index (χ1v) is 6.44. The smallest absolute Gasteiger partial charge is 0.223 e. The van der Waals surface area contributed by atoms with Gasteiger partial charge < -0.3 is 4.90 Å². The van der Waals surface area contributed by atoms with Crippen LogP contribution in [0.4, 0.5) is 4.39 Å². The van der Waals surface area contributed by atoms with Gasteiger partial charge in [-0.25, -0.2) is 4.39 Å². The number of hydrogen-bond donors (Lipinski definition) is 0. The van der Waals surface area contributed by atoms with Crippen LogP contribution in [0.3, 0.4) is 0 Å². The SMILES string of the molecule is C#CCCC1(CCC(=O)N2CCCC2CF)N=N1. The molecule has 2 heterocycles. The van der Waals surface area contributed by atoms with E-state index >= 15 is 0 Å². The molecule has 2 aliphatic heterocycles. The summed E-state index contributed by atoms with van der Waals surface area (Å²) in [6.07, 6.45) is 9.20. The van der Waals surface area contributed by atoms with Crippen LogP contribution in [0, 0.1) is 12.3 Å². The fraction of sp³-hybridized carbons (Fsp3) is 0.769. The highest BCUT2D eigenvalue weighted by Crippen LogP contribution is 2.38. The minimum Gasteiger partial charge on any atom is -0.337 e. The van der Waals surface area contributed by atoms with E-state index in [1.54, 1.807) is 4.90 Å². The molecular weight excluding hydrogens is 233 g/mol. The summed E-state index contributed by atoms with van der Waals surface area (Å²) >= 11 is 0. The van der Waals surface area contributed by atoms with Crippen molar-refractivity contribution in [2.24, 2.45) is 10.2 Å². The van der Waals surface area contributed by atoms with Crippen LogP contribution in [0.25, 0.3) is 0 Å². The van der Waals surface area contributed by atoms with Crippen molar-refractivity contribution in [1.82, 2.24) is 4.90 Å². The largest absolute Gasteiger partial charge is 0.337 e. The minimum absolute atomic E-state index is 0.0209. The molecule has 4 nitrogen and oxygen atoms in total. The maximum Gasteiger partial charge on any atom is 0.223 e. The van der Waals surface area contributed by atoms with E-state index in [0.717, 1.165) is 12.8 Å². The van der Waals surface area contributed by atoms with E-state index in [1.807, 2.05) is 0 Å². The lowest BCUT2D eigenvalue weighted by Crippen LogP contribution is -2.37. The van der Waals surface area contributed by atoms with Crippen LogP contribution >= 0.6 is 0 Å². The van der Waals surface area contributed by atoms with E-state index in [4.69, 9.17) is 6.42 Å². The molecule has 2 rings (SSSR count). The number of nitrogens with zero attached hydrogens (tertiary/aromatic N) is 3. The summed E-state index contributed by atoms with van der Waals surface area (Å²) in [6, 6.07) is -0.216. The van der Waals surface area contributed by atoms with Gasteiger partial charge in [0, 0.05) is 32.2 Å². The number of carbonyl (C=O) groups is 1. The summed E-state index contributed by atoms with van der Waals surface area (Å²) in [5.41, 5.74) is -0.410. The number of rotatable bonds is 6. The van der Waals surface area contributed by atoms with E-state index in [-0.39, 0.29) is 11.9 Å². The Bertz CT molecular complexity index is 382. The summed E-state index contributed by atoms with van der Waals surface area (Å²) in [4.78, 5) is 13.7. The number of amides is 1. The van der Waals surface area contributed by atoms with Crippen LogP contribution in [0.5, 0.6) is 0 Å². The first kappa shape index (κ1) is 13.0. The highest BCUT2D eigenvalue weighted by atomic mass is 19.1. The number of halogens is 1. The number of hydrogen-bond acceptors (Lipinski definition) is 3. The Kier molecular flexibility index (Phi) is 3.95. The topological polar surface area (TPSA) is 45.0 Å². The Morgan fingerprint density at radius 1 is 1.50 bits per heavy atom. The van der Waals surface area contributed by atoms with Crippen molar-refractivity contribution in [3.05, 3.63) is 0 Å². The minimum atomic E-state index is -0.442. The second-order valence-corrected chi connectivity index (χ2v) is 4.92. The van der Waals surface area contributed by atoms with Gasteiger partial charge in [0.15, 0.2) is 5.66 Å². The van der Waals surface area contributed by atoms with Crippen molar-refractivity contribution in [3.8, 4) is 12.3 Å². The van der Waals surface area contributed by atoms with Crippen LogP contribution in [0.2, 0.25) is 0 Å². The summed E-state index contributed by atoms with van der Waals surface area (Å²) < 4.78 is 12.7. The molecule has 18 heavy (non-hydrogen) atoms. The molecule has 2 aliphatic rings. The molecular formula is C13H18FN3O. The van der Waals surface area contributed by atoms with Gasteiger partial charge >= 0.3 is 0 Å². The summed E-state index contributed by atoms with van der Waals surface area (Å²) in [5.74, 6) is 2.58. The van der Waals surface area contributed by atoms with Gasteiger partial charge in [-0.05, 0) is 12.8 Å². The standard InChI is InChI=1S/C13H18FN3O/c1-2-3-7-13(15-16-13)8-6-12(18)17-9-4-5-11(17)10-14/h1,11H,3-10H2. The maximum absolute atomic E-state index is 12.7. The van der Waals surface area contributed by atoms with Crippen LogP contribution in [-0.2, 0) is 4.79 Å². The van der Waals surface area contributed by atoms with Gasteiger partial charge in [-0.15, -0.1) is 12.3 Å². The first-order valence-electron chi connectivity index (χ1n) is 6.44. The second kappa shape index (κ2) is 5.47. The Hall–Kier alpha value is -1.44. The third-order valence-electron chi connectivity index (χ3n) is 3.67. The van der Waals surface area contributed by atoms with E-state index in [1.165, 1.54) is 0 Å². The normalized spacial score (nSPS) is 24.0. The zero-order chi connectivity index (χ0) is 13.0. The molecule has 0 saturated carbocycles. The quantitative estimate of drug-likeness (QED) is 0.668. The Labute approximate surface area is 107 Å². The molecule has 0 aliphatic carbocycles. The predicted octanol–water partition coefficient (Wildman–Crippen LogP) is 2.30. The number of terminal acetylenes is 1. The van der Waals surface area contributed by atoms with E-state index in [2.05, 4.69) is 16.1 Å². The van der Waals surface area contributed by atoms with E-state index in [0.29, 0.717) is 32.2 Å². The third-order valence-corrected chi connectivity index (χ3v) is 3.67. The van der Waals surface area contributed by atoms with Gasteiger partial charge in [0.2, 0.25) is 5.91 Å². The van der Waals surface area contributed by atoms with Gasteiger partial charge in [0.05, 0.1) is 6.04 Å². The molecule has 0 N–H and O–H groups in total. The van der Waals surface area contributed by atoms with Gasteiger partial charge in [-0.3, -0.25) is 4.79 Å². The molecule has 5 heteroatoms. The van der Waals surface area contributed by atoms with Gasteiger partial charge in [-0.1, -0.05) is 0 Å². The highest BCUT2D eigenvalue weighted by molar-refractivity contribution is 5.77. The monoisotopic (exact) mass is 251 g/mol. The molecule has 1 atom stereocenters. The van der Waals surface area contributed by atoms with Crippen molar-refractivity contribution < 1.29 is 9.18 Å². The molecule has 0 radical (unpaired) electrons.